The Hall–Kier alpha value is -1.63. The van der Waals surface area contributed by atoms with Gasteiger partial charge >= 0.3 is 0 Å². The van der Waals surface area contributed by atoms with Crippen molar-refractivity contribution in [1.82, 2.24) is 0 Å². The first-order chi connectivity index (χ1) is 12.3. The molecule has 0 aliphatic heterocycles. The van der Waals surface area contributed by atoms with Crippen LogP contribution < -0.4 is 4.57 Å². The topological polar surface area (TPSA) is 3.88 Å². The molecule has 0 aliphatic carbocycles. The minimum absolute atomic E-state index is 0.114. The summed E-state index contributed by atoms with van der Waals surface area (Å²) >= 11 is 0. The molecular formula is C26H40N+. The molecule has 0 fully saturated rings. The van der Waals surface area contributed by atoms with E-state index in [0.29, 0.717) is 11.8 Å². The summed E-state index contributed by atoms with van der Waals surface area (Å²) in [6.45, 7) is 23.3. The van der Waals surface area contributed by atoms with Gasteiger partial charge in [-0.1, -0.05) is 73.1 Å². The third-order valence-electron chi connectivity index (χ3n) is 7.21. The van der Waals surface area contributed by atoms with Crippen molar-refractivity contribution in [3.8, 4) is 11.3 Å². The van der Waals surface area contributed by atoms with E-state index in [-0.39, 0.29) is 10.8 Å². The first kappa shape index (κ1) is 21.7. The Morgan fingerprint density at radius 3 is 1.78 bits per heavy atom. The zero-order valence-electron chi connectivity index (χ0n) is 19.5. The van der Waals surface area contributed by atoms with Gasteiger partial charge in [0.1, 0.15) is 7.05 Å². The van der Waals surface area contributed by atoms with Crippen molar-refractivity contribution in [3.05, 3.63) is 52.7 Å². The minimum Gasteiger partial charge on any atom is -0.201 e. The highest BCUT2D eigenvalue weighted by Crippen LogP contribution is 2.42. The smallest absolute Gasteiger partial charge is 0.201 e. The lowest BCUT2D eigenvalue weighted by atomic mass is 9.66. The van der Waals surface area contributed by atoms with Gasteiger partial charge in [-0.25, -0.2) is 4.57 Å². The molecule has 1 heteroatoms. The summed E-state index contributed by atoms with van der Waals surface area (Å²) < 4.78 is 2.33. The largest absolute Gasteiger partial charge is 0.212 e. The summed E-state index contributed by atoms with van der Waals surface area (Å²) in [5.74, 6) is 1.14. The van der Waals surface area contributed by atoms with Crippen molar-refractivity contribution in [2.24, 2.45) is 18.9 Å². The molecular weight excluding hydrogens is 326 g/mol. The first-order valence-corrected chi connectivity index (χ1v) is 10.4. The van der Waals surface area contributed by atoms with Crippen LogP contribution in [0.1, 0.15) is 77.6 Å². The summed E-state index contributed by atoms with van der Waals surface area (Å²) in [5, 5.41) is 0. The molecule has 27 heavy (non-hydrogen) atoms. The Morgan fingerprint density at radius 2 is 1.30 bits per heavy atom. The van der Waals surface area contributed by atoms with E-state index >= 15 is 0 Å². The number of hydrogen-bond acceptors (Lipinski definition) is 0. The fourth-order valence-electron chi connectivity index (χ4n) is 3.69. The van der Waals surface area contributed by atoms with Gasteiger partial charge in [0.2, 0.25) is 5.69 Å². The van der Waals surface area contributed by atoms with E-state index in [0.717, 1.165) is 0 Å². The van der Waals surface area contributed by atoms with Crippen molar-refractivity contribution in [1.29, 1.82) is 0 Å². The molecule has 0 bridgehead atoms. The number of aromatic nitrogens is 1. The highest BCUT2D eigenvalue weighted by molar-refractivity contribution is 5.63. The molecule has 148 valence electrons. The maximum atomic E-state index is 2.47. The van der Waals surface area contributed by atoms with E-state index in [1.807, 2.05) is 0 Å². The van der Waals surface area contributed by atoms with Gasteiger partial charge < -0.3 is 0 Å². The summed E-state index contributed by atoms with van der Waals surface area (Å²) in [7, 11) is 2.20. The Morgan fingerprint density at radius 1 is 0.778 bits per heavy atom. The molecule has 0 saturated heterocycles. The molecule has 0 saturated carbocycles. The molecule has 0 atom stereocenters. The average Bonchev–Trinajstić information content (AvgIpc) is 2.54. The van der Waals surface area contributed by atoms with Crippen molar-refractivity contribution in [2.45, 2.75) is 80.1 Å². The number of aryl methyl sites for hydroxylation is 3. The van der Waals surface area contributed by atoms with Crippen LogP contribution in [0.5, 0.6) is 0 Å². The lowest BCUT2D eigenvalue weighted by molar-refractivity contribution is -0.661. The SMILES string of the molecule is Cc1ccc(-c2cc(C(C)(C)C(C)C)c(C(C)(C)C(C)C)c[n+]2C)c(C)c1. The van der Waals surface area contributed by atoms with E-state index in [9.17, 15) is 0 Å². The van der Waals surface area contributed by atoms with Gasteiger partial charge in [-0.05, 0) is 53.7 Å². The van der Waals surface area contributed by atoms with E-state index in [4.69, 9.17) is 0 Å². The van der Waals surface area contributed by atoms with Crippen LogP contribution in [0.4, 0.5) is 0 Å². The van der Waals surface area contributed by atoms with E-state index in [2.05, 4.69) is 111 Å². The van der Waals surface area contributed by atoms with Crippen LogP contribution >= 0.6 is 0 Å². The van der Waals surface area contributed by atoms with E-state index < -0.39 is 0 Å². The maximum absolute atomic E-state index is 2.47. The molecule has 0 aliphatic rings. The van der Waals surface area contributed by atoms with Crippen LogP contribution in [0.2, 0.25) is 0 Å². The van der Waals surface area contributed by atoms with Crippen molar-refractivity contribution in [2.75, 3.05) is 0 Å². The highest BCUT2D eigenvalue weighted by Gasteiger charge is 2.37. The fourth-order valence-corrected chi connectivity index (χ4v) is 3.69. The predicted molar refractivity (Wildman–Crippen MR) is 118 cm³/mol. The van der Waals surface area contributed by atoms with Crippen molar-refractivity contribution >= 4 is 0 Å². The molecule has 1 aromatic carbocycles. The van der Waals surface area contributed by atoms with Gasteiger partial charge in [0.25, 0.3) is 0 Å². The number of nitrogens with zero attached hydrogens (tertiary/aromatic N) is 1. The lowest BCUT2D eigenvalue weighted by Gasteiger charge is -2.38. The predicted octanol–water partition coefficient (Wildman–Crippen LogP) is 6.66. The quantitative estimate of drug-likeness (QED) is 0.521. The van der Waals surface area contributed by atoms with Crippen molar-refractivity contribution in [3.63, 3.8) is 0 Å². The van der Waals surface area contributed by atoms with Crippen LogP contribution in [0, 0.1) is 25.7 Å². The molecule has 1 nitrogen and oxygen atoms in total. The van der Waals surface area contributed by atoms with Crippen LogP contribution in [-0.2, 0) is 17.9 Å². The first-order valence-electron chi connectivity index (χ1n) is 10.4. The van der Waals surface area contributed by atoms with Crippen LogP contribution in [0.15, 0.2) is 30.5 Å². The Bertz CT molecular complexity index is 822. The minimum atomic E-state index is 0.114. The van der Waals surface area contributed by atoms with Gasteiger partial charge in [0.15, 0.2) is 6.20 Å². The third kappa shape index (κ3) is 3.98. The zero-order chi connectivity index (χ0) is 20.7. The number of benzene rings is 1. The van der Waals surface area contributed by atoms with Crippen LogP contribution in [0.25, 0.3) is 11.3 Å². The van der Waals surface area contributed by atoms with Gasteiger partial charge in [-0.3, -0.25) is 0 Å². The monoisotopic (exact) mass is 366 g/mol. The summed E-state index contributed by atoms with van der Waals surface area (Å²) in [6, 6.07) is 9.26. The van der Waals surface area contributed by atoms with Crippen molar-refractivity contribution < 1.29 is 4.57 Å². The van der Waals surface area contributed by atoms with Crippen LogP contribution in [-0.4, -0.2) is 0 Å². The highest BCUT2D eigenvalue weighted by atomic mass is 14.9. The number of rotatable bonds is 5. The summed E-state index contributed by atoms with van der Waals surface area (Å²) in [6.07, 6.45) is 2.40. The molecule has 0 unspecified atom stereocenters. The molecule has 0 N–H and O–H groups in total. The van der Waals surface area contributed by atoms with Crippen LogP contribution in [0.3, 0.4) is 0 Å². The van der Waals surface area contributed by atoms with Gasteiger partial charge in [-0.2, -0.15) is 0 Å². The van der Waals surface area contributed by atoms with Gasteiger partial charge in [0, 0.05) is 17.2 Å². The number of hydrogen-bond donors (Lipinski definition) is 0. The lowest BCUT2D eigenvalue weighted by Crippen LogP contribution is -2.40. The zero-order valence-corrected chi connectivity index (χ0v) is 19.5. The fraction of sp³-hybridized carbons (Fsp3) is 0.577. The van der Waals surface area contributed by atoms with Gasteiger partial charge in [0.05, 0.1) is 0 Å². The third-order valence-corrected chi connectivity index (χ3v) is 7.21. The molecule has 1 heterocycles. The maximum Gasteiger partial charge on any atom is 0.212 e. The summed E-state index contributed by atoms with van der Waals surface area (Å²) in [4.78, 5) is 0. The Kier molecular flexibility index (Phi) is 5.95. The second-order valence-corrected chi connectivity index (χ2v) is 10.2. The molecule has 0 spiro atoms. The molecule has 0 radical (unpaired) electrons. The standard InChI is InChI=1S/C26H40N/c1-17(2)25(7,8)22-15-24(21-13-12-19(5)14-20(21)6)27(11)16-23(22)26(9,10)18(3)4/h12-18H,1-11H3/q+1. The van der Waals surface area contributed by atoms with E-state index in [1.54, 1.807) is 0 Å². The molecule has 1 aromatic heterocycles. The number of pyridine rings is 1. The molecule has 2 rings (SSSR count). The Balaban J connectivity index is 2.85. The van der Waals surface area contributed by atoms with E-state index in [1.165, 1.54) is 33.5 Å². The van der Waals surface area contributed by atoms with Gasteiger partial charge in [-0.15, -0.1) is 0 Å². The Labute approximate surface area is 167 Å². The summed E-state index contributed by atoms with van der Waals surface area (Å²) in [5.41, 5.74) is 8.51. The molecule has 2 aromatic rings. The normalized spacial score (nSPS) is 12.9. The second kappa shape index (κ2) is 7.41. The average molecular weight is 367 g/mol. The molecule has 0 amide bonds. The second-order valence-electron chi connectivity index (χ2n) is 10.2.